The standard InChI is InChI=1S/C29H24/c1-21-7-13-25(14-8-21)28-6-4-5-24(20-28)12-18-27-17-11-23(3)19-29(27)26-15-9-22(2)10-16-26/h4-11,13-17,19-20H,1-3H3. The first-order chi connectivity index (χ1) is 14.1. The van der Waals surface area contributed by atoms with Crippen molar-refractivity contribution in [2.45, 2.75) is 20.8 Å². The smallest absolute Gasteiger partial charge is 0.0327 e. The topological polar surface area (TPSA) is 0 Å². The first kappa shape index (κ1) is 18.8. The van der Waals surface area contributed by atoms with Crippen LogP contribution in [0.4, 0.5) is 0 Å². The van der Waals surface area contributed by atoms with Crippen LogP contribution in [0.2, 0.25) is 0 Å². The average molecular weight is 373 g/mol. The van der Waals surface area contributed by atoms with Gasteiger partial charge in [-0.15, -0.1) is 0 Å². The monoisotopic (exact) mass is 372 g/mol. The van der Waals surface area contributed by atoms with Crippen LogP contribution < -0.4 is 0 Å². The van der Waals surface area contributed by atoms with Gasteiger partial charge in [0.05, 0.1) is 0 Å². The lowest BCUT2D eigenvalue weighted by Gasteiger charge is -2.07. The highest BCUT2D eigenvalue weighted by molar-refractivity contribution is 5.73. The van der Waals surface area contributed by atoms with Crippen LogP contribution in [0.1, 0.15) is 27.8 Å². The van der Waals surface area contributed by atoms with Crippen LogP contribution in [-0.2, 0) is 0 Å². The summed E-state index contributed by atoms with van der Waals surface area (Å²) in [6, 6.07) is 32.2. The first-order valence-electron chi connectivity index (χ1n) is 9.95. The molecule has 0 saturated carbocycles. The molecule has 0 aliphatic rings. The molecule has 0 amide bonds. The van der Waals surface area contributed by atoms with Gasteiger partial charge in [0.25, 0.3) is 0 Å². The van der Waals surface area contributed by atoms with Gasteiger partial charge < -0.3 is 0 Å². The second kappa shape index (κ2) is 8.21. The van der Waals surface area contributed by atoms with E-state index in [4.69, 9.17) is 0 Å². The molecule has 0 unspecified atom stereocenters. The number of benzene rings is 4. The van der Waals surface area contributed by atoms with E-state index in [9.17, 15) is 0 Å². The highest BCUT2D eigenvalue weighted by Gasteiger charge is 2.04. The quantitative estimate of drug-likeness (QED) is 0.323. The zero-order valence-electron chi connectivity index (χ0n) is 17.2. The molecule has 0 saturated heterocycles. The van der Waals surface area contributed by atoms with Gasteiger partial charge in [0.2, 0.25) is 0 Å². The van der Waals surface area contributed by atoms with Crippen molar-refractivity contribution in [2.24, 2.45) is 0 Å². The van der Waals surface area contributed by atoms with Gasteiger partial charge in [-0.1, -0.05) is 101 Å². The van der Waals surface area contributed by atoms with Crippen LogP contribution in [0.3, 0.4) is 0 Å². The Labute approximate surface area is 173 Å². The van der Waals surface area contributed by atoms with Crippen molar-refractivity contribution in [3.05, 3.63) is 119 Å². The van der Waals surface area contributed by atoms with E-state index in [2.05, 4.69) is 124 Å². The van der Waals surface area contributed by atoms with Crippen molar-refractivity contribution >= 4 is 0 Å². The van der Waals surface area contributed by atoms with Crippen molar-refractivity contribution in [1.82, 2.24) is 0 Å². The summed E-state index contributed by atoms with van der Waals surface area (Å²) in [6.07, 6.45) is 0. The van der Waals surface area contributed by atoms with Gasteiger partial charge in [-0.3, -0.25) is 0 Å². The Morgan fingerprint density at radius 2 is 1.10 bits per heavy atom. The Hall–Kier alpha value is -3.56. The molecule has 0 spiro atoms. The fourth-order valence-corrected chi connectivity index (χ4v) is 3.40. The van der Waals surface area contributed by atoms with Gasteiger partial charge in [0, 0.05) is 11.1 Å². The molecule has 0 nitrogen and oxygen atoms in total. The van der Waals surface area contributed by atoms with Gasteiger partial charge >= 0.3 is 0 Å². The third kappa shape index (κ3) is 4.48. The maximum absolute atomic E-state index is 3.41. The molecule has 4 aromatic carbocycles. The summed E-state index contributed by atoms with van der Waals surface area (Å²) in [5.74, 6) is 6.78. The van der Waals surface area contributed by atoms with Crippen molar-refractivity contribution in [3.8, 4) is 34.1 Å². The average Bonchev–Trinajstić information content (AvgIpc) is 2.74. The predicted molar refractivity (Wildman–Crippen MR) is 124 cm³/mol. The van der Waals surface area contributed by atoms with E-state index in [1.165, 1.54) is 38.9 Å². The predicted octanol–water partition coefficient (Wildman–Crippen LogP) is 7.35. The van der Waals surface area contributed by atoms with Crippen molar-refractivity contribution < 1.29 is 0 Å². The minimum Gasteiger partial charge on any atom is -0.0616 e. The van der Waals surface area contributed by atoms with Gasteiger partial charge in [0.1, 0.15) is 0 Å². The molecular formula is C29H24. The lowest BCUT2D eigenvalue weighted by molar-refractivity contribution is 1.43. The molecule has 140 valence electrons. The zero-order valence-corrected chi connectivity index (χ0v) is 17.2. The highest BCUT2D eigenvalue weighted by Crippen LogP contribution is 2.25. The molecule has 0 atom stereocenters. The molecular weight excluding hydrogens is 348 g/mol. The maximum atomic E-state index is 3.41. The van der Waals surface area contributed by atoms with Crippen molar-refractivity contribution in [3.63, 3.8) is 0 Å². The molecule has 0 fully saturated rings. The molecule has 0 radical (unpaired) electrons. The van der Waals surface area contributed by atoms with E-state index in [1.807, 2.05) is 0 Å². The second-order valence-electron chi connectivity index (χ2n) is 7.61. The van der Waals surface area contributed by atoms with Crippen LogP contribution >= 0.6 is 0 Å². The van der Waals surface area contributed by atoms with E-state index in [0.717, 1.165) is 11.1 Å². The largest absolute Gasteiger partial charge is 0.0616 e. The molecule has 4 aromatic rings. The summed E-state index contributed by atoms with van der Waals surface area (Å²) in [4.78, 5) is 0. The van der Waals surface area contributed by atoms with E-state index >= 15 is 0 Å². The summed E-state index contributed by atoms with van der Waals surface area (Å²) in [7, 11) is 0. The molecule has 0 bridgehead atoms. The van der Waals surface area contributed by atoms with Gasteiger partial charge in [-0.25, -0.2) is 0 Å². The molecule has 0 aliphatic carbocycles. The second-order valence-corrected chi connectivity index (χ2v) is 7.61. The fraction of sp³-hybridized carbons (Fsp3) is 0.103. The molecule has 0 aromatic heterocycles. The summed E-state index contributed by atoms with van der Waals surface area (Å²) in [5.41, 5.74) is 10.7. The Bertz CT molecular complexity index is 1200. The summed E-state index contributed by atoms with van der Waals surface area (Å²) < 4.78 is 0. The SMILES string of the molecule is Cc1ccc(-c2cccc(C#Cc3ccc(C)cc3-c3ccc(C)cc3)c2)cc1. The van der Waals surface area contributed by atoms with Gasteiger partial charge in [0.15, 0.2) is 0 Å². The molecule has 0 heterocycles. The van der Waals surface area contributed by atoms with Gasteiger partial charge in [-0.2, -0.15) is 0 Å². The number of hydrogen-bond donors (Lipinski definition) is 0. The van der Waals surface area contributed by atoms with Crippen LogP contribution in [0.5, 0.6) is 0 Å². The van der Waals surface area contributed by atoms with E-state index in [0.29, 0.717) is 0 Å². The Kier molecular flexibility index (Phi) is 5.32. The molecule has 0 aliphatic heterocycles. The number of rotatable bonds is 2. The lowest BCUT2D eigenvalue weighted by Crippen LogP contribution is -1.87. The fourth-order valence-electron chi connectivity index (χ4n) is 3.40. The minimum atomic E-state index is 1.03. The number of hydrogen-bond acceptors (Lipinski definition) is 0. The molecule has 0 N–H and O–H groups in total. The van der Waals surface area contributed by atoms with E-state index < -0.39 is 0 Å². The first-order valence-corrected chi connectivity index (χ1v) is 9.95. The lowest BCUT2D eigenvalue weighted by atomic mass is 9.96. The van der Waals surface area contributed by atoms with Crippen LogP contribution in [0.15, 0.2) is 91.0 Å². The summed E-state index contributed by atoms with van der Waals surface area (Å²) in [5, 5.41) is 0. The van der Waals surface area contributed by atoms with Crippen LogP contribution in [0, 0.1) is 32.6 Å². The maximum Gasteiger partial charge on any atom is 0.0327 e. The normalized spacial score (nSPS) is 10.3. The van der Waals surface area contributed by atoms with Crippen molar-refractivity contribution in [1.29, 1.82) is 0 Å². The third-order valence-electron chi connectivity index (χ3n) is 5.13. The Morgan fingerprint density at radius 1 is 0.483 bits per heavy atom. The van der Waals surface area contributed by atoms with E-state index in [-0.39, 0.29) is 0 Å². The van der Waals surface area contributed by atoms with Crippen LogP contribution in [0.25, 0.3) is 22.3 Å². The highest BCUT2D eigenvalue weighted by atomic mass is 14.1. The molecule has 0 heteroatoms. The summed E-state index contributed by atoms with van der Waals surface area (Å²) in [6.45, 7) is 6.35. The van der Waals surface area contributed by atoms with E-state index in [1.54, 1.807) is 0 Å². The Morgan fingerprint density at radius 3 is 1.79 bits per heavy atom. The minimum absolute atomic E-state index is 1.03. The van der Waals surface area contributed by atoms with Gasteiger partial charge in [-0.05, 0) is 61.2 Å². The van der Waals surface area contributed by atoms with Crippen LogP contribution in [-0.4, -0.2) is 0 Å². The Balaban J connectivity index is 1.70. The third-order valence-corrected chi connectivity index (χ3v) is 5.13. The zero-order chi connectivity index (χ0) is 20.2. The van der Waals surface area contributed by atoms with Crippen molar-refractivity contribution in [2.75, 3.05) is 0 Å². The molecule has 29 heavy (non-hydrogen) atoms. The number of aryl methyl sites for hydroxylation is 3. The summed E-state index contributed by atoms with van der Waals surface area (Å²) >= 11 is 0. The molecule has 4 rings (SSSR count).